The van der Waals surface area contributed by atoms with Gasteiger partial charge >= 0.3 is 0 Å². The van der Waals surface area contributed by atoms with Crippen molar-refractivity contribution in [2.75, 3.05) is 26.1 Å². The molecule has 1 amide bonds. The van der Waals surface area contributed by atoms with Gasteiger partial charge in [-0.1, -0.05) is 0 Å². The van der Waals surface area contributed by atoms with Crippen molar-refractivity contribution >= 4 is 21.6 Å². The van der Waals surface area contributed by atoms with E-state index in [4.69, 9.17) is 9.47 Å². The topological polar surface area (TPSA) is 93.7 Å². The van der Waals surface area contributed by atoms with Gasteiger partial charge in [-0.25, -0.2) is 13.1 Å². The monoisotopic (exact) mass is 316 g/mol. The Morgan fingerprint density at radius 1 is 1.33 bits per heavy atom. The average molecular weight is 316 g/mol. The quantitative estimate of drug-likeness (QED) is 0.781. The lowest BCUT2D eigenvalue weighted by Crippen LogP contribution is -2.35. The van der Waals surface area contributed by atoms with Gasteiger partial charge in [0.05, 0.1) is 24.3 Å². The van der Waals surface area contributed by atoms with Crippen molar-refractivity contribution in [2.24, 2.45) is 0 Å². The van der Waals surface area contributed by atoms with Crippen molar-refractivity contribution in [2.45, 2.75) is 24.8 Å². The molecular formula is C13H20N2O5S. The maximum atomic E-state index is 12.2. The third-order valence-electron chi connectivity index (χ3n) is 2.56. The van der Waals surface area contributed by atoms with Gasteiger partial charge in [-0.05, 0) is 25.1 Å². The number of benzene rings is 1. The van der Waals surface area contributed by atoms with E-state index in [1.807, 2.05) is 0 Å². The molecule has 2 N–H and O–H groups in total. The Kier molecular flexibility index (Phi) is 6.13. The summed E-state index contributed by atoms with van der Waals surface area (Å²) in [4.78, 5) is 11.2. The molecule has 0 heterocycles. The van der Waals surface area contributed by atoms with Crippen LogP contribution in [-0.4, -0.2) is 41.2 Å². The van der Waals surface area contributed by atoms with Crippen molar-refractivity contribution < 1.29 is 22.7 Å². The van der Waals surface area contributed by atoms with Crippen LogP contribution >= 0.6 is 0 Å². The second-order valence-corrected chi connectivity index (χ2v) is 6.23. The molecular weight excluding hydrogens is 296 g/mol. The second-order valence-electron chi connectivity index (χ2n) is 4.52. The van der Waals surface area contributed by atoms with E-state index in [0.717, 1.165) is 0 Å². The minimum Gasteiger partial charge on any atom is -0.495 e. The molecule has 0 fully saturated rings. The first-order valence-corrected chi connectivity index (χ1v) is 7.75. The van der Waals surface area contributed by atoms with Crippen LogP contribution < -0.4 is 14.8 Å². The maximum absolute atomic E-state index is 12.2. The molecule has 0 aliphatic carbocycles. The summed E-state index contributed by atoms with van der Waals surface area (Å²) in [6.07, 6.45) is 0. The minimum absolute atomic E-state index is 0.0370. The smallest absolute Gasteiger partial charge is 0.240 e. The number of amides is 1. The van der Waals surface area contributed by atoms with Gasteiger partial charge in [0.2, 0.25) is 15.9 Å². The van der Waals surface area contributed by atoms with Gasteiger partial charge in [0, 0.05) is 20.1 Å². The van der Waals surface area contributed by atoms with Crippen LogP contribution in [0.4, 0.5) is 5.69 Å². The van der Waals surface area contributed by atoms with Crippen LogP contribution in [0.5, 0.6) is 5.75 Å². The van der Waals surface area contributed by atoms with Crippen LogP contribution in [0, 0.1) is 0 Å². The Morgan fingerprint density at radius 2 is 2.00 bits per heavy atom. The van der Waals surface area contributed by atoms with Crippen LogP contribution in [-0.2, 0) is 19.6 Å². The van der Waals surface area contributed by atoms with E-state index in [2.05, 4.69) is 10.0 Å². The number of methoxy groups -OCH3 is 2. The second kappa shape index (κ2) is 7.39. The molecule has 1 aromatic rings. The summed E-state index contributed by atoms with van der Waals surface area (Å²) < 4.78 is 36.9. The molecule has 0 aliphatic rings. The molecule has 0 aliphatic heterocycles. The largest absolute Gasteiger partial charge is 0.495 e. The Morgan fingerprint density at radius 3 is 2.52 bits per heavy atom. The highest BCUT2D eigenvalue weighted by Gasteiger charge is 2.19. The predicted molar refractivity (Wildman–Crippen MR) is 79.0 cm³/mol. The molecule has 1 rings (SSSR count). The fraction of sp³-hybridized carbons (Fsp3) is 0.462. The van der Waals surface area contributed by atoms with E-state index in [1.54, 1.807) is 6.92 Å². The zero-order valence-electron chi connectivity index (χ0n) is 12.5. The molecule has 8 heteroatoms. The SMILES string of the molecule is COC[C@H](C)NS(=O)(=O)c1ccc(OC)c(NC(C)=O)c1. The van der Waals surface area contributed by atoms with Crippen molar-refractivity contribution in [1.82, 2.24) is 4.72 Å². The van der Waals surface area contributed by atoms with Crippen LogP contribution in [0.2, 0.25) is 0 Å². The molecule has 118 valence electrons. The Labute approximate surface area is 124 Å². The van der Waals surface area contributed by atoms with Crippen LogP contribution in [0.15, 0.2) is 23.1 Å². The predicted octanol–water partition coefficient (Wildman–Crippen LogP) is 0.967. The lowest BCUT2D eigenvalue weighted by atomic mass is 10.3. The highest BCUT2D eigenvalue weighted by atomic mass is 32.2. The fourth-order valence-electron chi connectivity index (χ4n) is 1.76. The van der Waals surface area contributed by atoms with E-state index in [1.165, 1.54) is 39.3 Å². The van der Waals surface area contributed by atoms with Gasteiger partial charge in [-0.3, -0.25) is 4.79 Å². The number of hydrogen-bond donors (Lipinski definition) is 2. The van der Waals surface area contributed by atoms with E-state index < -0.39 is 10.0 Å². The Balaban J connectivity index is 3.09. The number of hydrogen-bond acceptors (Lipinski definition) is 5. The first kappa shape index (κ1) is 17.4. The van der Waals surface area contributed by atoms with Crippen LogP contribution in [0.25, 0.3) is 0 Å². The van der Waals surface area contributed by atoms with Crippen molar-refractivity contribution in [1.29, 1.82) is 0 Å². The molecule has 0 unspecified atom stereocenters. The zero-order chi connectivity index (χ0) is 16.0. The van der Waals surface area contributed by atoms with Gasteiger partial charge in [0.25, 0.3) is 0 Å². The number of carbonyl (C=O) groups is 1. The van der Waals surface area contributed by atoms with Gasteiger partial charge in [0.1, 0.15) is 5.75 Å². The van der Waals surface area contributed by atoms with Crippen molar-refractivity contribution in [3.05, 3.63) is 18.2 Å². The molecule has 0 radical (unpaired) electrons. The zero-order valence-corrected chi connectivity index (χ0v) is 13.3. The first-order chi connectivity index (χ1) is 9.80. The van der Waals surface area contributed by atoms with E-state index in [0.29, 0.717) is 11.4 Å². The number of sulfonamides is 1. The third-order valence-corrected chi connectivity index (χ3v) is 4.15. The molecule has 1 atom stereocenters. The highest BCUT2D eigenvalue weighted by molar-refractivity contribution is 7.89. The highest BCUT2D eigenvalue weighted by Crippen LogP contribution is 2.27. The number of carbonyl (C=O) groups excluding carboxylic acids is 1. The molecule has 0 bridgehead atoms. The number of anilines is 1. The van der Waals surface area contributed by atoms with Gasteiger partial charge in [-0.2, -0.15) is 0 Å². The van der Waals surface area contributed by atoms with Gasteiger partial charge < -0.3 is 14.8 Å². The average Bonchev–Trinajstić information content (AvgIpc) is 2.37. The first-order valence-electron chi connectivity index (χ1n) is 6.27. The van der Waals surface area contributed by atoms with Gasteiger partial charge in [0.15, 0.2) is 0 Å². The Bertz CT molecular complexity index is 601. The lowest BCUT2D eigenvalue weighted by Gasteiger charge is -2.15. The standard InChI is InChI=1S/C13H20N2O5S/c1-9(8-19-3)15-21(17,18)11-5-6-13(20-4)12(7-11)14-10(2)16/h5-7,9,15H,8H2,1-4H3,(H,14,16)/t9-/m0/s1. The molecule has 1 aromatic carbocycles. The number of rotatable bonds is 7. The molecule has 21 heavy (non-hydrogen) atoms. The Hall–Kier alpha value is -1.64. The molecule has 0 spiro atoms. The minimum atomic E-state index is -3.70. The van der Waals surface area contributed by atoms with E-state index >= 15 is 0 Å². The van der Waals surface area contributed by atoms with Gasteiger partial charge in [-0.15, -0.1) is 0 Å². The van der Waals surface area contributed by atoms with Crippen molar-refractivity contribution in [3.8, 4) is 5.75 Å². The van der Waals surface area contributed by atoms with E-state index in [9.17, 15) is 13.2 Å². The van der Waals surface area contributed by atoms with E-state index in [-0.39, 0.29) is 23.5 Å². The summed E-state index contributed by atoms with van der Waals surface area (Å²) in [5, 5.41) is 2.53. The summed E-state index contributed by atoms with van der Waals surface area (Å²) in [6.45, 7) is 3.28. The molecule has 0 saturated carbocycles. The lowest BCUT2D eigenvalue weighted by molar-refractivity contribution is -0.114. The summed E-state index contributed by atoms with van der Waals surface area (Å²) in [7, 11) is -0.770. The van der Waals surface area contributed by atoms with Crippen LogP contribution in [0.3, 0.4) is 0 Å². The normalized spacial score (nSPS) is 12.8. The third kappa shape index (κ3) is 5.00. The summed E-state index contributed by atoms with van der Waals surface area (Å²) in [6, 6.07) is 3.88. The molecule has 0 aromatic heterocycles. The summed E-state index contributed by atoms with van der Waals surface area (Å²) in [5.74, 6) is 0.0673. The molecule has 0 saturated heterocycles. The van der Waals surface area contributed by atoms with Crippen molar-refractivity contribution in [3.63, 3.8) is 0 Å². The number of nitrogens with one attached hydrogen (secondary N) is 2. The molecule has 7 nitrogen and oxygen atoms in total. The maximum Gasteiger partial charge on any atom is 0.240 e. The summed E-state index contributed by atoms with van der Waals surface area (Å²) in [5.41, 5.74) is 0.298. The number of ether oxygens (including phenoxy) is 2. The fourth-order valence-corrected chi connectivity index (χ4v) is 3.01. The summed E-state index contributed by atoms with van der Waals surface area (Å²) >= 11 is 0. The van der Waals surface area contributed by atoms with Crippen LogP contribution in [0.1, 0.15) is 13.8 Å².